The van der Waals surface area contributed by atoms with Crippen molar-refractivity contribution in [2.75, 3.05) is 11.1 Å². The maximum absolute atomic E-state index is 12.9. The number of halogens is 1. The topological polar surface area (TPSA) is 68.0 Å². The monoisotopic (exact) mass is 237 g/mol. The average Bonchev–Trinajstić information content (AvgIpc) is 2.76. The first-order valence-electron chi connectivity index (χ1n) is 4.41. The molecule has 2 rings (SSSR count). The number of anilines is 2. The van der Waals surface area contributed by atoms with Crippen LogP contribution >= 0.6 is 11.3 Å². The van der Waals surface area contributed by atoms with Gasteiger partial charge in [0.15, 0.2) is 0 Å². The zero-order valence-electron chi connectivity index (χ0n) is 8.11. The third-order valence-corrected chi connectivity index (χ3v) is 2.51. The lowest BCUT2D eigenvalue weighted by atomic mass is 10.2. The molecule has 0 fully saturated rings. The van der Waals surface area contributed by atoms with Gasteiger partial charge in [-0.1, -0.05) is 0 Å². The van der Waals surface area contributed by atoms with Crippen molar-refractivity contribution in [1.82, 2.24) is 4.98 Å². The van der Waals surface area contributed by atoms with E-state index in [0.29, 0.717) is 5.69 Å². The van der Waals surface area contributed by atoms with Gasteiger partial charge in [-0.15, -0.1) is 11.3 Å². The predicted octanol–water partition coefficient (Wildman–Crippen LogP) is 2.12. The number of nitrogens with two attached hydrogens (primary N) is 1. The molecule has 3 N–H and O–H groups in total. The number of carbonyl (C=O) groups excluding carboxylic acids is 1. The van der Waals surface area contributed by atoms with Crippen molar-refractivity contribution in [3.8, 4) is 0 Å². The molecule has 0 unspecified atom stereocenters. The number of nitrogens with one attached hydrogen (secondary N) is 1. The van der Waals surface area contributed by atoms with Crippen molar-refractivity contribution in [3.63, 3.8) is 0 Å². The highest BCUT2D eigenvalue weighted by Crippen LogP contribution is 2.19. The molecule has 2 aromatic rings. The maximum atomic E-state index is 12.9. The van der Waals surface area contributed by atoms with Crippen LogP contribution < -0.4 is 11.1 Å². The van der Waals surface area contributed by atoms with Gasteiger partial charge >= 0.3 is 0 Å². The largest absolute Gasteiger partial charge is 0.397 e. The third-order valence-electron chi connectivity index (χ3n) is 1.93. The minimum absolute atomic E-state index is 0.248. The van der Waals surface area contributed by atoms with E-state index in [1.807, 2.05) is 0 Å². The molecule has 1 aromatic carbocycles. The number of hydrogen-bond donors (Lipinski definition) is 2. The van der Waals surface area contributed by atoms with Crippen molar-refractivity contribution < 1.29 is 9.18 Å². The molecule has 0 spiro atoms. The van der Waals surface area contributed by atoms with Gasteiger partial charge in [0.05, 0.1) is 16.9 Å². The van der Waals surface area contributed by atoms with Crippen LogP contribution in [0.4, 0.5) is 15.8 Å². The van der Waals surface area contributed by atoms with Crippen LogP contribution in [0.1, 0.15) is 10.5 Å². The van der Waals surface area contributed by atoms with Crippen molar-refractivity contribution >= 4 is 28.6 Å². The zero-order chi connectivity index (χ0) is 11.5. The van der Waals surface area contributed by atoms with E-state index in [4.69, 9.17) is 5.73 Å². The lowest BCUT2D eigenvalue weighted by molar-refractivity contribution is 0.102. The van der Waals surface area contributed by atoms with Gasteiger partial charge in [-0.05, 0) is 18.2 Å². The molecule has 0 aliphatic heterocycles. The molecule has 0 saturated carbocycles. The molecule has 4 nitrogen and oxygen atoms in total. The smallest absolute Gasteiger partial charge is 0.275 e. The molecule has 0 aliphatic rings. The summed E-state index contributed by atoms with van der Waals surface area (Å²) in [6, 6.07) is 3.79. The van der Waals surface area contributed by atoms with Crippen LogP contribution in [0.3, 0.4) is 0 Å². The Morgan fingerprint density at radius 2 is 2.31 bits per heavy atom. The number of benzene rings is 1. The van der Waals surface area contributed by atoms with E-state index < -0.39 is 11.7 Å². The van der Waals surface area contributed by atoms with E-state index in [0.717, 1.165) is 0 Å². The van der Waals surface area contributed by atoms with E-state index >= 15 is 0 Å². The van der Waals surface area contributed by atoms with E-state index in [1.54, 1.807) is 10.9 Å². The number of thiazole rings is 1. The zero-order valence-corrected chi connectivity index (χ0v) is 8.92. The molecular formula is C10H8FN3OS. The van der Waals surface area contributed by atoms with Gasteiger partial charge in [0, 0.05) is 5.38 Å². The SMILES string of the molecule is Nc1ccc(F)cc1NC(=O)c1cscn1. The van der Waals surface area contributed by atoms with Crippen molar-refractivity contribution in [1.29, 1.82) is 0 Å². The molecule has 1 amide bonds. The van der Waals surface area contributed by atoms with Crippen molar-refractivity contribution in [2.45, 2.75) is 0 Å². The normalized spacial score (nSPS) is 10.1. The Morgan fingerprint density at radius 3 is 3.00 bits per heavy atom. The van der Waals surface area contributed by atoms with Crippen LogP contribution in [0.5, 0.6) is 0 Å². The van der Waals surface area contributed by atoms with Crippen LogP contribution in [0.2, 0.25) is 0 Å². The Labute approximate surface area is 94.9 Å². The fourth-order valence-corrected chi connectivity index (χ4v) is 1.68. The van der Waals surface area contributed by atoms with E-state index in [-0.39, 0.29) is 11.4 Å². The summed E-state index contributed by atoms with van der Waals surface area (Å²) >= 11 is 1.31. The first-order chi connectivity index (χ1) is 7.66. The fourth-order valence-electron chi connectivity index (χ4n) is 1.15. The number of carbonyl (C=O) groups is 1. The third kappa shape index (κ3) is 2.17. The number of aromatic nitrogens is 1. The minimum atomic E-state index is -0.456. The van der Waals surface area contributed by atoms with E-state index in [2.05, 4.69) is 10.3 Å². The highest BCUT2D eigenvalue weighted by atomic mass is 32.1. The van der Waals surface area contributed by atoms with Crippen LogP contribution in [0.25, 0.3) is 0 Å². The van der Waals surface area contributed by atoms with Crippen LogP contribution in [0.15, 0.2) is 29.1 Å². The minimum Gasteiger partial charge on any atom is -0.397 e. The molecule has 82 valence electrons. The molecule has 16 heavy (non-hydrogen) atoms. The molecular weight excluding hydrogens is 229 g/mol. The molecule has 0 saturated heterocycles. The second kappa shape index (κ2) is 4.28. The summed E-state index contributed by atoms with van der Waals surface area (Å²) in [4.78, 5) is 15.4. The van der Waals surface area contributed by atoms with Gasteiger partial charge < -0.3 is 11.1 Å². The molecule has 0 aliphatic carbocycles. The Bertz CT molecular complexity index is 513. The molecule has 0 radical (unpaired) electrons. The van der Waals surface area contributed by atoms with Gasteiger partial charge in [-0.3, -0.25) is 4.79 Å². The van der Waals surface area contributed by atoms with Crippen LogP contribution in [-0.4, -0.2) is 10.9 Å². The fraction of sp³-hybridized carbons (Fsp3) is 0. The summed E-state index contributed by atoms with van der Waals surface area (Å²) in [6.45, 7) is 0. The summed E-state index contributed by atoms with van der Waals surface area (Å²) in [5, 5.41) is 4.10. The first-order valence-corrected chi connectivity index (χ1v) is 5.35. The molecule has 0 bridgehead atoms. The summed E-state index contributed by atoms with van der Waals surface area (Å²) in [5.41, 5.74) is 7.98. The molecule has 6 heteroatoms. The predicted molar refractivity (Wildman–Crippen MR) is 60.9 cm³/mol. The first kappa shape index (κ1) is 10.6. The van der Waals surface area contributed by atoms with E-state index in [1.165, 1.54) is 29.5 Å². The van der Waals surface area contributed by atoms with Gasteiger partial charge in [0.1, 0.15) is 11.5 Å². The molecule has 0 atom stereocenters. The summed E-state index contributed by atoms with van der Waals surface area (Å²) < 4.78 is 12.9. The van der Waals surface area contributed by atoms with Gasteiger partial charge in [-0.25, -0.2) is 9.37 Å². The second-order valence-electron chi connectivity index (χ2n) is 3.06. The second-order valence-corrected chi connectivity index (χ2v) is 3.78. The number of nitrogens with zero attached hydrogens (tertiary/aromatic N) is 1. The van der Waals surface area contributed by atoms with Gasteiger partial charge in [0.25, 0.3) is 5.91 Å². The summed E-state index contributed by atoms with van der Waals surface area (Å²) in [5.74, 6) is -0.860. The molecule has 1 heterocycles. The van der Waals surface area contributed by atoms with Crippen LogP contribution in [0, 0.1) is 5.82 Å². The number of hydrogen-bond acceptors (Lipinski definition) is 4. The number of rotatable bonds is 2. The quantitative estimate of drug-likeness (QED) is 0.786. The Kier molecular flexibility index (Phi) is 2.82. The summed E-state index contributed by atoms with van der Waals surface area (Å²) in [7, 11) is 0. The standard InChI is InChI=1S/C10H8FN3OS/c11-6-1-2-7(12)8(3-6)14-10(15)9-4-16-5-13-9/h1-5H,12H2,(H,14,15). The Hall–Kier alpha value is -1.95. The molecule has 1 aromatic heterocycles. The lowest BCUT2D eigenvalue weighted by Gasteiger charge is -2.06. The summed E-state index contributed by atoms with van der Waals surface area (Å²) in [6.07, 6.45) is 0. The van der Waals surface area contributed by atoms with Crippen molar-refractivity contribution in [3.05, 3.63) is 40.6 Å². The Balaban J connectivity index is 2.21. The number of nitrogen functional groups attached to an aromatic ring is 1. The highest BCUT2D eigenvalue weighted by Gasteiger charge is 2.10. The lowest BCUT2D eigenvalue weighted by Crippen LogP contribution is -2.13. The maximum Gasteiger partial charge on any atom is 0.275 e. The van der Waals surface area contributed by atoms with E-state index in [9.17, 15) is 9.18 Å². The van der Waals surface area contributed by atoms with Gasteiger partial charge in [-0.2, -0.15) is 0 Å². The number of amides is 1. The van der Waals surface area contributed by atoms with Crippen LogP contribution in [-0.2, 0) is 0 Å². The highest BCUT2D eigenvalue weighted by molar-refractivity contribution is 7.07. The van der Waals surface area contributed by atoms with Gasteiger partial charge in [0.2, 0.25) is 0 Å². The average molecular weight is 237 g/mol. The van der Waals surface area contributed by atoms with Crippen molar-refractivity contribution in [2.24, 2.45) is 0 Å². The Morgan fingerprint density at radius 1 is 1.50 bits per heavy atom.